The summed E-state index contributed by atoms with van der Waals surface area (Å²) in [6.45, 7) is 2.23. The minimum absolute atomic E-state index is 0.0953. The summed E-state index contributed by atoms with van der Waals surface area (Å²) < 4.78 is 26.5. The Hall–Kier alpha value is -2.44. The van der Waals surface area contributed by atoms with Gasteiger partial charge in [0.2, 0.25) is 0 Å². The van der Waals surface area contributed by atoms with Crippen molar-refractivity contribution in [2.24, 2.45) is 4.99 Å². The Morgan fingerprint density at radius 2 is 2.04 bits per heavy atom. The van der Waals surface area contributed by atoms with E-state index in [0.29, 0.717) is 12.5 Å². The molecule has 0 bridgehead atoms. The van der Waals surface area contributed by atoms with Gasteiger partial charge in [-0.15, -0.1) is 0 Å². The number of hydrogen-bond acceptors (Lipinski definition) is 2. The molecule has 0 amide bonds. The molecular formula is C18H25F2N5. The van der Waals surface area contributed by atoms with E-state index >= 15 is 0 Å². The van der Waals surface area contributed by atoms with Crippen LogP contribution in [0.25, 0.3) is 0 Å². The Morgan fingerprint density at radius 1 is 1.28 bits per heavy atom. The van der Waals surface area contributed by atoms with Crippen LogP contribution in [0, 0.1) is 0 Å². The average molecular weight is 349 g/mol. The molecule has 0 spiro atoms. The Kier molecular flexibility index (Phi) is 7.37. The van der Waals surface area contributed by atoms with E-state index in [1.165, 1.54) is 18.0 Å². The molecule has 1 unspecified atom stereocenters. The summed E-state index contributed by atoms with van der Waals surface area (Å²) in [6.07, 6.45) is 4.53. The third kappa shape index (κ3) is 6.17. The van der Waals surface area contributed by atoms with Gasteiger partial charge in [-0.1, -0.05) is 30.3 Å². The number of benzene rings is 1. The van der Waals surface area contributed by atoms with Crippen molar-refractivity contribution in [3.63, 3.8) is 0 Å². The lowest BCUT2D eigenvalue weighted by atomic mass is 10.1. The van der Waals surface area contributed by atoms with Crippen LogP contribution in [0.2, 0.25) is 0 Å². The predicted molar refractivity (Wildman–Crippen MR) is 95.7 cm³/mol. The second-order valence-electron chi connectivity index (χ2n) is 5.79. The SMILES string of the molecule is CCNC(=NCc1nccn1C(F)F)NC(C)CCc1ccccc1. The van der Waals surface area contributed by atoms with Gasteiger partial charge in [0.15, 0.2) is 5.96 Å². The molecule has 25 heavy (non-hydrogen) atoms. The zero-order chi connectivity index (χ0) is 18.1. The van der Waals surface area contributed by atoms with Gasteiger partial charge in [-0.25, -0.2) is 9.98 Å². The first kappa shape index (κ1) is 18.9. The Bertz CT molecular complexity index is 654. The highest BCUT2D eigenvalue weighted by Crippen LogP contribution is 2.12. The maximum Gasteiger partial charge on any atom is 0.319 e. The number of imidazole rings is 1. The molecule has 1 heterocycles. The summed E-state index contributed by atoms with van der Waals surface area (Å²) in [4.78, 5) is 8.32. The average Bonchev–Trinajstić information content (AvgIpc) is 3.08. The summed E-state index contributed by atoms with van der Waals surface area (Å²) in [5.74, 6) is 0.844. The van der Waals surface area contributed by atoms with E-state index in [2.05, 4.69) is 39.7 Å². The summed E-state index contributed by atoms with van der Waals surface area (Å²) in [5.41, 5.74) is 1.29. The third-order valence-corrected chi connectivity index (χ3v) is 3.77. The summed E-state index contributed by atoms with van der Waals surface area (Å²) in [5, 5.41) is 6.45. The molecule has 2 rings (SSSR count). The normalized spacial score (nSPS) is 13.1. The second kappa shape index (κ2) is 9.76. The van der Waals surface area contributed by atoms with Gasteiger partial charge in [-0.2, -0.15) is 8.78 Å². The number of aliphatic imine (C=N–C) groups is 1. The van der Waals surface area contributed by atoms with Crippen LogP contribution in [-0.2, 0) is 13.0 Å². The molecular weight excluding hydrogens is 324 g/mol. The Balaban J connectivity index is 1.91. The van der Waals surface area contributed by atoms with Crippen LogP contribution >= 0.6 is 0 Å². The van der Waals surface area contributed by atoms with Crippen LogP contribution in [0.3, 0.4) is 0 Å². The van der Waals surface area contributed by atoms with Crippen LogP contribution in [-0.4, -0.2) is 28.1 Å². The lowest BCUT2D eigenvalue weighted by molar-refractivity contribution is 0.0671. The van der Waals surface area contributed by atoms with Gasteiger partial charge in [0, 0.05) is 25.0 Å². The van der Waals surface area contributed by atoms with Crippen LogP contribution in [0.1, 0.15) is 38.2 Å². The summed E-state index contributed by atoms with van der Waals surface area (Å²) >= 11 is 0. The topological polar surface area (TPSA) is 54.2 Å². The maximum absolute atomic E-state index is 12.8. The highest BCUT2D eigenvalue weighted by atomic mass is 19.3. The fraction of sp³-hybridized carbons (Fsp3) is 0.444. The first-order chi connectivity index (χ1) is 12.1. The quantitative estimate of drug-likeness (QED) is 0.568. The molecule has 1 atom stereocenters. The van der Waals surface area contributed by atoms with Crippen LogP contribution in [0.15, 0.2) is 47.7 Å². The van der Waals surface area contributed by atoms with Crippen molar-refractivity contribution in [1.29, 1.82) is 0 Å². The van der Waals surface area contributed by atoms with Gasteiger partial charge < -0.3 is 10.6 Å². The lowest BCUT2D eigenvalue weighted by Gasteiger charge is -2.18. The molecule has 0 aliphatic carbocycles. The molecule has 0 aliphatic rings. The molecule has 136 valence electrons. The van der Waals surface area contributed by atoms with E-state index in [9.17, 15) is 8.78 Å². The van der Waals surface area contributed by atoms with Crippen molar-refractivity contribution in [1.82, 2.24) is 20.2 Å². The zero-order valence-corrected chi connectivity index (χ0v) is 14.6. The fourth-order valence-electron chi connectivity index (χ4n) is 2.45. The number of alkyl halides is 2. The molecule has 2 N–H and O–H groups in total. The van der Waals surface area contributed by atoms with Gasteiger partial charge in [0.05, 0.1) is 0 Å². The number of rotatable bonds is 8. The number of hydrogen-bond donors (Lipinski definition) is 2. The summed E-state index contributed by atoms with van der Waals surface area (Å²) in [6, 6.07) is 10.5. The largest absolute Gasteiger partial charge is 0.357 e. The van der Waals surface area contributed by atoms with Crippen molar-refractivity contribution in [2.45, 2.75) is 45.8 Å². The number of aryl methyl sites for hydroxylation is 1. The molecule has 1 aromatic heterocycles. The summed E-state index contributed by atoms with van der Waals surface area (Å²) in [7, 11) is 0. The van der Waals surface area contributed by atoms with Crippen LogP contribution in [0.4, 0.5) is 8.78 Å². The minimum Gasteiger partial charge on any atom is -0.357 e. The molecule has 0 radical (unpaired) electrons. The molecule has 7 heteroatoms. The first-order valence-corrected chi connectivity index (χ1v) is 8.48. The van der Waals surface area contributed by atoms with E-state index < -0.39 is 6.55 Å². The van der Waals surface area contributed by atoms with Gasteiger partial charge in [-0.3, -0.25) is 4.57 Å². The Labute approximate surface area is 147 Å². The molecule has 0 fully saturated rings. The zero-order valence-electron chi connectivity index (χ0n) is 14.6. The van der Waals surface area contributed by atoms with Crippen LogP contribution in [0.5, 0.6) is 0 Å². The van der Waals surface area contributed by atoms with E-state index in [1.54, 1.807) is 0 Å². The van der Waals surface area contributed by atoms with Gasteiger partial charge in [0.25, 0.3) is 0 Å². The fourth-order valence-corrected chi connectivity index (χ4v) is 2.45. The highest BCUT2D eigenvalue weighted by Gasteiger charge is 2.11. The molecule has 0 aliphatic heterocycles. The van der Waals surface area contributed by atoms with Gasteiger partial charge in [-0.05, 0) is 32.3 Å². The molecule has 0 saturated heterocycles. The van der Waals surface area contributed by atoms with E-state index in [4.69, 9.17) is 0 Å². The number of nitrogens with one attached hydrogen (secondary N) is 2. The molecule has 2 aromatic rings. The molecule has 0 saturated carbocycles. The number of guanidine groups is 1. The van der Waals surface area contributed by atoms with Gasteiger partial charge in [0.1, 0.15) is 12.4 Å². The maximum atomic E-state index is 12.8. The van der Waals surface area contributed by atoms with Crippen molar-refractivity contribution >= 4 is 5.96 Å². The van der Waals surface area contributed by atoms with Crippen molar-refractivity contribution in [3.8, 4) is 0 Å². The minimum atomic E-state index is -2.60. The van der Waals surface area contributed by atoms with Crippen LogP contribution < -0.4 is 10.6 Å². The Morgan fingerprint density at radius 3 is 2.72 bits per heavy atom. The number of nitrogens with zero attached hydrogens (tertiary/aromatic N) is 3. The smallest absolute Gasteiger partial charge is 0.319 e. The number of halogens is 2. The van der Waals surface area contributed by atoms with Crippen molar-refractivity contribution in [3.05, 3.63) is 54.1 Å². The number of aromatic nitrogens is 2. The second-order valence-corrected chi connectivity index (χ2v) is 5.79. The predicted octanol–water partition coefficient (Wildman–Crippen LogP) is 3.35. The monoisotopic (exact) mass is 349 g/mol. The van der Waals surface area contributed by atoms with Gasteiger partial charge >= 0.3 is 6.55 Å². The van der Waals surface area contributed by atoms with Crippen molar-refractivity contribution in [2.75, 3.05) is 6.54 Å². The van der Waals surface area contributed by atoms with E-state index in [-0.39, 0.29) is 18.4 Å². The lowest BCUT2D eigenvalue weighted by Crippen LogP contribution is -2.42. The first-order valence-electron chi connectivity index (χ1n) is 8.48. The standard InChI is InChI=1S/C18H25F2N5/c1-3-21-18(23-13-16-22-11-12-25(16)17(19)20)24-14(2)9-10-15-7-5-4-6-8-15/h4-8,11-12,14,17H,3,9-10,13H2,1-2H3,(H2,21,23,24). The molecule has 1 aromatic carbocycles. The van der Waals surface area contributed by atoms with Crippen molar-refractivity contribution < 1.29 is 8.78 Å². The van der Waals surface area contributed by atoms with E-state index in [0.717, 1.165) is 17.4 Å². The molecule has 5 nitrogen and oxygen atoms in total. The third-order valence-electron chi connectivity index (χ3n) is 3.77. The highest BCUT2D eigenvalue weighted by molar-refractivity contribution is 5.79. The van der Waals surface area contributed by atoms with E-state index in [1.807, 2.05) is 25.1 Å².